The van der Waals surface area contributed by atoms with Crippen LogP contribution in [0.5, 0.6) is 0 Å². The molecule has 0 heterocycles. The number of halogens is 1. The van der Waals surface area contributed by atoms with Crippen molar-refractivity contribution >= 4 is 23.4 Å². The zero-order chi connectivity index (χ0) is 13.8. The number of rotatable bonds is 4. The summed E-state index contributed by atoms with van der Waals surface area (Å²) in [6.45, 7) is 1.84. The lowest BCUT2D eigenvalue weighted by Gasteiger charge is -2.17. The fourth-order valence-corrected chi connectivity index (χ4v) is 3.16. The third-order valence-electron chi connectivity index (χ3n) is 3.35. The molecule has 3 nitrogen and oxygen atoms in total. The van der Waals surface area contributed by atoms with Crippen molar-refractivity contribution < 1.29 is 9.18 Å². The van der Waals surface area contributed by atoms with Crippen molar-refractivity contribution in [3.05, 3.63) is 24.0 Å². The number of hydrogen-bond donors (Lipinski definition) is 2. The first kappa shape index (κ1) is 14.2. The molecule has 0 spiro atoms. The molecule has 1 fully saturated rings. The van der Waals surface area contributed by atoms with E-state index in [-0.39, 0.29) is 17.0 Å². The molecule has 1 saturated carbocycles. The highest BCUT2D eigenvalue weighted by Crippen LogP contribution is 2.29. The van der Waals surface area contributed by atoms with Gasteiger partial charge in [-0.2, -0.15) is 0 Å². The maximum absolute atomic E-state index is 12.9. The van der Waals surface area contributed by atoms with E-state index in [4.69, 9.17) is 5.73 Å². The summed E-state index contributed by atoms with van der Waals surface area (Å²) in [4.78, 5) is 12.8. The first-order valence-corrected chi connectivity index (χ1v) is 7.46. The van der Waals surface area contributed by atoms with Crippen LogP contribution >= 0.6 is 11.8 Å². The fourth-order valence-electron chi connectivity index (χ4n) is 2.26. The van der Waals surface area contributed by atoms with Gasteiger partial charge in [-0.15, -0.1) is 11.8 Å². The smallest absolute Gasteiger partial charge is 0.233 e. The van der Waals surface area contributed by atoms with Crippen LogP contribution in [0.15, 0.2) is 23.1 Å². The largest absolute Gasteiger partial charge is 0.398 e. The van der Waals surface area contributed by atoms with Crippen LogP contribution in [0.1, 0.15) is 32.6 Å². The molecule has 1 atom stereocenters. The first-order valence-electron chi connectivity index (χ1n) is 6.58. The molecule has 2 rings (SSSR count). The van der Waals surface area contributed by atoms with Gasteiger partial charge in [-0.1, -0.05) is 12.8 Å². The van der Waals surface area contributed by atoms with Crippen molar-refractivity contribution in [2.45, 2.75) is 48.8 Å². The Balaban J connectivity index is 1.92. The summed E-state index contributed by atoms with van der Waals surface area (Å²) < 4.78 is 12.9. The Morgan fingerprint density at radius 3 is 2.79 bits per heavy atom. The maximum Gasteiger partial charge on any atom is 0.233 e. The SMILES string of the molecule is CC(Sc1ccc(F)cc1N)C(=O)NC1CCCC1. The average Bonchev–Trinajstić information content (AvgIpc) is 2.85. The summed E-state index contributed by atoms with van der Waals surface area (Å²) in [5, 5.41) is 2.83. The summed E-state index contributed by atoms with van der Waals surface area (Å²) in [7, 11) is 0. The van der Waals surface area contributed by atoms with Crippen LogP contribution in [0.25, 0.3) is 0 Å². The molecular formula is C14H19FN2OS. The zero-order valence-electron chi connectivity index (χ0n) is 11.0. The number of carbonyl (C=O) groups excluding carboxylic acids is 1. The van der Waals surface area contributed by atoms with Crippen LogP contribution in [-0.4, -0.2) is 17.2 Å². The quantitative estimate of drug-likeness (QED) is 0.659. The summed E-state index contributed by atoms with van der Waals surface area (Å²) in [5.41, 5.74) is 6.12. The predicted octanol–water partition coefficient (Wildman–Crippen LogP) is 2.95. The van der Waals surface area contributed by atoms with Crippen LogP contribution in [0.3, 0.4) is 0 Å². The Morgan fingerprint density at radius 2 is 2.16 bits per heavy atom. The highest BCUT2D eigenvalue weighted by atomic mass is 32.2. The molecule has 1 unspecified atom stereocenters. The Morgan fingerprint density at radius 1 is 1.47 bits per heavy atom. The van der Waals surface area contributed by atoms with E-state index >= 15 is 0 Å². The van der Waals surface area contributed by atoms with Gasteiger partial charge in [-0.3, -0.25) is 4.79 Å². The minimum absolute atomic E-state index is 0.0284. The van der Waals surface area contributed by atoms with Crippen LogP contribution in [-0.2, 0) is 4.79 Å². The Labute approximate surface area is 117 Å². The van der Waals surface area contributed by atoms with Crippen LogP contribution in [0.2, 0.25) is 0 Å². The van der Waals surface area contributed by atoms with Gasteiger partial charge < -0.3 is 11.1 Å². The molecule has 3 N–H and O–H groups in total. The van der Waals surface area contributed by atoms with Crippen molar-refractivity contribution in [1.29, 1.82) is 0 Å². The lowest BCUT2D eigenvalue weighted by Crippen LogP contribution is -2.37. The molecular weight excluding hydrogens is 263 g/mol. The third-order valence-corrected chi connectivity index (χ3v) is 4.54. The molecule has 0 bridgehead atoms. The van der Waals surface area contributed by atoms with Crippen molar-refractivity contribution in [1.82, 2.24) is 5.32 Å². The number of carbonyl (C=O) groups is 1. The number of nitrogens with two attached hydrogens (primary N) is 1. The number of nitrogens with one attached hydrogen (secondary N) is 1. The van der Waals surface area contributed by atoms with Gasteiger partial charge in [0.15, 0.2) is 0 Å². The second-order valence-electron chi connectivity index (χ2n) is 4.93. The van der Waals surface area contributed by atoms with Gasteiger partial charge in [0.25, 0.3) is 0 Å². The Bertz CT molecular complexity index is 461. The topological polar surface area (TPSA) is 55.1 Å². The Kier molecular flexibility index (Phi) is 4.69. The van der Waals surface area contributed by atoms with Crippen LogP contribution in [0, 0.1) is 5.82 Å². The fraction of sp³-hybridized carbons (Fsp3) is 0.500. The molecule has 5 heteroatoms. The van der Waals surface area contributed by atoms with Crippen molar-refractivity contribution in [2.75, 3.05) is 5.73 Å². The van der Waals surface area contributed by atoms with E-state index in [1.807, 2.05) is 6.92 Å². The van der Waals surface area contributed by atoms with E-state index in [1.165, 1.54) is 36.7 Å². The molecule has 1 amide bonds. The van der Waals surface area contributed by atoms with E-state index in [0.717, 1.165) is 17.7 Å². The third kappa shape index (κ3) is 3.86. The highest BCUT2D eigenvalue weighted by Gasteiger charge is 2.21. The van der Waals surface area contributed by atoms with Gasteiger partial charge in [0.05, 0.1) is 5.25 Å². The van der Waals surface area contributed by atoms with E-state index in [2.05, 4.69) is 5.32 Å². The van der Waals surface area contributed by atoms with Gasteiger partial charge in [0.2, 0.25) is 5.91 Å². The Hall–Kier alpha value is -1.23. The number of anilines is 1. The number of amides is 1. The van der Waals surface area contributed by atoms with Crippen LogP contribution < -0.4 is 11.1 Å². The molecule has 104 valence electrons. The number of nitrogen functional groups attached to an aromatic ring is 1. The molecule has 1 aliphatic rings. The minimum atomic E-state index is -0.357. The van der Waals surface area contributed by atoms with Gasteiger partial charge in [-0.25, -0.2) is 4.39 Å². The van der Waals surface area contributed by atoms with E-state index in [0.29, 0.717) is 11.7 Å². The minimum Gasteiger partial charge on any atom is -0.398 e. The molecule has 0 radical (unpaired) electrons. The molecule has 1 aromatic rings. The van der Waals surface area contributed by atoms with Gasteiger partial charge in [0.1, 0.15) is 5.82 Å². The van der Waals surface area contributed by atoms with Crippen LogP contribution in [0.4, 0.5) is 10.1 Å². The number of benzene rings is 1. The lowest BCUT2D eigenvalue weighted by atomic mass is 10.2. The van der Waals surface area contributed by atoms with E-state index in [9.17, 15) is 9.18 Å². The summed E-state index contributed by atoms with van der Waals surface area (Å²) in [6.07, 6.45) is 4.53. The zero-order valence-corrected chi connectivity index (χ0v) is 11.8. The first-order chi connectivity index (χ1) is 9.06. The monoisotopic (exact) mass is 282 g/mol. The molecule has 19 heavy (non-hydrogen) atoms. The second kappa shape index (κ2) is 6.28. The van der Waals surface area contributed by atoms with E-state index < -0.39 is 0 Å². The molecule has 1 aromatic carbocycles. The molecule has 0 aromatic heterocycles. The molecule has 0 saturated heterocycles. The van der Waals surface area contributed by atoms with Crippen molar-refractivity contribution in [2.24, 2.45) is 0 Å². The normalized spacial score (nSPS) is 17.4. The van der Waals surface area contributed by atoms with Gasteiger partial charge >= 0.3 is 0 Å². The summed E-state index contributed by atoms with van der Waals surface area (Å²) in [5.74, 6) is -0.328. The summed E-state index contributed by atoms with van der Waals surface area (Å²) in [6, 6.07) is 4.58. The predicted molar refractivity (Wildman–Crippen MR) is 76.5 cm³/mol. The number of hydrogen-bond acceptors (Lipinski definition) is 3. The second-order valence-corrected chi connectivity index (χ2v) is 6.31. The van der Waals surface area contributed by atoms with E-state index in [1.54, 1.807) is 6.07 Å². The van der Waals surface area contributed by atoms with Crippen molar-refractivity contribution in [3.8, 4) is 0 Å². The average molecular weight is 282 g/mol. The maximum atomic E-state index is 12.9. The summed E-state index contributed by atoms with van der Waals surface area (Å²) >= 11 is 1.37. The molecule has 1 aliphatic carbocycles. The van der Waals surface area contributed by atoms with Gasteiger partial charge in [-0.05, 0) is 38.0 Å². The highest BCUT2D eigenvalue weighted by molar-refractivity contribution is 8.00. The number of thioether (sulfide) groups is 1. The van der Waals surface area contributed by atoms with Gasteiger partial charge in [0, 0.05) is 16.6 Å². The lowest BCUT2D eigenvalue weighted by molar-refractivity contribution is -0.120. The standard InChI is InChI=1S/C14H19FN2OS/c1-9(14(18)17-11-4-2-3-5-11)19-13-7-6-10(15)8-12(13)16/h6-9,11H,2-5,16H2,1H3,(H,17,18). The van der Waals surface area contributed by atoms with Crippen molar-refractivity contribution in [3.63, 3.8) is 0 Å². The molecule has 0 aliphatic heterocycles.